The van der Waals surface area contributed by atoms with Gasteiger partial charge in [0.15, 0.2) is 6.61 Å². The van der Waals surface area contributed by atoms with Crippen molar-refractivity contribution >= 4 is 17.0 Å². The summed E-state index contributed by atoms with van der Waals surface area (Å²) in [4.78, 5) is 21.1. The molecule has 8 heteroatoms. The Hall–Kier alpha value is -3.81. The minimum Gasteiger partial charge on any atom is -0.480 e. The Morgan fingerprint density at radius 2 is 1.73 bits per heavy atom. The van der Waals surface area contributed by atoms with Crippen LogP contribution < -0.4 is 4.74 Å². The van der Waals surface area contributed by atoms with Crippen molar-refractivity contribution in [1.82, 2.24) is 20.2 Å². The molecule has 0 bridgehead atoms. The maximum absolute atomic E-state index is 12.2. The first-order valence-corrected chi connectivity index (χ1v) is 9.47. The highest BCUT2D eigenvalue weighted by molar-refractivity contribution is 5.75. The number of benzene rings is 2. The maximum atomic E-state index is 12.2. The average molecular weight is 404 g/mol. The van der Waals surface area contributed by atoms with Crippen LogP contribution in [-0.4, -0.2) is 33.2 Å². The summed E-state index contributed by atoms with van der Waals surface area (Å²) in [5, 5.41) is 7.93. The van der Waals surface area contributed by atoms with Crippen LogP contribution in [-0.2, 0) is 22.6 Å². The Kier molecular flexibility index (Phi) is 5.65. The molecule has 4 aromatic rings. The molecule has 2 heterocycles. The fourth-order valence-electron chi connectivity index (χ4n) is 2.91. The second kappa shape index (κ2) is 8.69. The third kappa shape index (κ3) is 4.43. The molecule has 152 valence electrons. The quantitative estimate of drug-likeness (QED) is 0.430. The van der Waals surface area contributed by atoms with Crippen molar-refractivity contribution in [2.24, 2.45) is 0 Å². The van der Waals surface area contributed by atoms with Gasteiger partial charge in [0.25, 0.3) is 5.89 Å². The number of aromatic nitrogens is 4. The lowest BCUT2D eigenvalue weighted by molar-refractivity contribution is -0.145. The monoisotopic (exact) mass is 404 g/mol. The lowest BCUT2D eigenvalue weighted by Crippen LogP contribution is -2.08. The zero-order valence-electron chi connectivity index (χ0n) is 16.7. The average Bonchev–Trinajstić information content (AvgIpc) is 3.25. The first kappa shape index (κ1) is 19.5. The predicted octanol–water partition coefficient (Wildman–Crippen LogP) is 3.67. The van der Waals surface area contributed by atoms with Crippen molar-refractivity contribution < 1.29 is 18.7 Å². The van der Waals surface area contributed by atoms with Crippen LogP contribution in [0.4, 0.5) is 0 Å². The summed E-state index contributed by atoms with van der Waals surface area (Å²) in [5.41, 5.74) is 4.04. The van der Waals surface area contributed by atoms with Crippen molar-refractivity contribution in [3.63, 3.8) is 0 Å². The Balaban J connectivity index is 1.34. The zero-order valence-corrected chi connectivity index (χ0v) is 16.7. The van der Waals surface area contributed by atoms with Crippen LogP contribution in [0.25, 0.3) is 22.5 Å². The molecular formula is C22H20N4O4. The number of hydrogen-bond donors (Lipinski definition) is 0. The van der Waals surface area contributed by atoms with E-state index in [0.29, 0.717) is 23.9 Å². The smallest absolute Gasteiger partial charge is 0.306 e. The molecule has 4 rings (SSSR count). The largest absolute Gasteiger partial charge is 0.480 e. The molecule has 0 aliphatic rings. The van der Waals surface area contributed by atoms with E-state index in [9.17, 15) is 4.79 Å². The van der Waals surface area contributed by atoms with E-state index in [1.165, 1.54) is 7.11 Å². The Bertz CT molecular complexity index is 1170. The van der Waals surface area contributed by atoms with Crippen molar-refractivity contribution in [3.8, 4) is 17.3 Å². The van der Waals surface area contributed by atoms with Crippen LogP contribution in [0.5, 0.6) is 5.88 Å². The van der Waals surface area contributed by atoms with Gasteiger partial charge >= 0.3 is 5.97 Å². The third-order valence-electron chi connectivity index (χ3n) is 4.49. The number of nitrogens with zero attached hydrogens (tertiary/aromatic N) is 4. The number of fused-ring (bicyclic) bond motifs is 1. The first-order chi connectivity index (χ1) is 14.6. The number of hydrogen-bond acceptors (Lipinski definition) is 8. The number of rotatable bonds is 7. The Morgan fingerprint density at radius 1 is 1.00 bits per heavy atom. The highest BCUT2D eigenvalue weighted by Gasteiger charge is 2.14. The SMILES string of the molecule is COc1nc2ccccc2nc1CCC(=O)OCc1nnc(-c2ccc(C)cc2)o1. The van der Waals surface area contributed by atoms with E-state index in [4.69, 9.17) is 13.9 Å². The van der Waals surface area contributed by atoms with Crippen LogP contribution in [0.3, 0.4) is 0 Å². The van der Waals surface area contributed by atoms with Gasteiger partial charge in [0.2, 0.25) is 11.8 Å². The molecule has 0 unspecified atom stereocenters. The van der Waals surface area contributed by atoms with Crippen molar-refractivity contribution in [3.05, 3.63) is 65.7 Å². The van der Waals surface area contributed by atoms with Gasteiger partial charge < -0.3 is 13.9 Å². The molecule has 0 aliphatic carbocycles. The van der Waals surface area contributed by atoms with Crippen molar-refractivity contribution in [2.45, 2.75) is 26.4 Å². The van der Waals surface area contributed by atoms with Crippen molar-refractivity contribution in [2.75, 3.05) is 7.11 Å². The van der Waals surface area contributed by atoms with E-state index in [-0.39, 0.29) is 18.9 Å². The molecule has 2 aromatic heterocycles. The van der Waals surface area contributed by atoms with E-state index in [2.05, 4.69) is 20.2 Å². The molecule has 2 aromatic carbocycles. The molecule has 0 atom stereocenters. The molecule has 8 nitrogen and oxygen atoms in total. The molecule has 0 amide bonds. The van der Waals surface area contributed by atoms with Crippen LogP contribution >= 0.6 is 0 Å². The molecule has 0 saturated carbocycles. The summed E-state index contributed by atoms with van der Waals surface area (Å²) in [6, 6.07) is 15.2. The van der Waals surface area contributed by atoms with Gasteiger partial charge in [-0.3, -0.25) is 4.79 Å². The van der Waals surface area contributed by atoms with Crippen molar-refractivity contribution in [1.29, 1.82) is 0 Å². The number of methoxy groups -OCH3 is 1. The fraction of sp³-hybridized carbons (Fsp3) is 0.227. The predicted molar refractivity (Wildman–Crippen MR) is 109 cm³/mol. The molecule has 0 fully saturated rings. The molecule has 0 aliphatic heterocycles. The van der Waals surface area contributed by atoms with E-state index in [1.807, 2.05) is 55.5 Å². The minimum absolute atomic E-state index is 0.0851. The molecule has 0 spiro atoms. The normalized spacial score (nSPS) is 10.9. The van der Waals surface area contributed by atoms with Crippen LogP contribution in [0.1, 0.15) is 23.6 Å². The van der Waals surface area contributed by atoms with Gasteiger partial charge in [-0.2, -0.15) is 0 Å². The minimum atomic E-state index is -0.401. The zero-order chi connectivity index (χ0) is 20.9. The highest BCUT2D eigenvalue weighted by Crippen LogP contribution is 2.21. The Morgan fingerprint density at radius 3 is 2.47 bits per heavy atom. The van der Waals surface area contributed by atoms with Crippen LogP contribution in [0.2, 0.25) is 0 Å². The van der Waals surface area contributed by atoms with Gasteiger partial charge in [0, 0.05) is 12.0 Å². The van der Waals surface area contributed by atoms with Gasteiger partial charge in [-0.05, 0) is 31.2 Å². The number of esters is 1. The van der Waals surface area contributed by atoms with Gasteiger partial charge in [-0.1, -0.05) is 29.8 Å². The lowest BCUT2D eigenvalue weighted by atomic mass is 10.1. The van der Waals surface area contributed by atoms with E-state index >= 15 is 0 Å². The fourth-order valence-corrected chi connectivity index (χ4v) is 2.91. The second-order valence-corrected chi connectivity index (χ2v) is 6.70. The molecule has 0 radical (unpaired) electrons. The number of aryl methyl sites for hydroxylation is 2. The lowest BCUT2D eigenvalue weighted by Gasteiger charge is -2.08. The summed E-state index contributed by atoms with van der Waals surface area (Å²) in [5.74, 6) is 0.627. The summed E-state index contributed by atoms with van der Waals surface area (Å²) < 4.78 is 16.1. The third-order valence-corrected chi connectivity index (χ3v) is 4.49. The number of para-hydroxylation sites is 2. The molecule has 0 saturated heterocycles. The topological polar surface area (TPSA) is 100 Å². The van der Waals surface area contributed by atoms with Gasteiger partial charge in [0.1, 0.15) is 5.69 Å². The van der Waals surface area contributed by atoms with Gasteiger partial charge in [0.05, 0.1) is 24.6 Å². The van der Waals surface area contributed by atoms with E-state index in [1.54, 1.807) is 0 Å². The summed E-state index contributed by atoms with van der Waals surface area (Å²) in [6.45, 7) is 1.92. The second-order valence-electron chi connectivity index (χ2n) is 6.70. The first-order valence-electron chi connectivity index (χ1n) is 9.47. The summed E-state index contributed by atoms with van der Waals surface area (Å²) in [7, 11) is 1.53. The highest BCUT2D eigenvalue weighted by atomic mass is 16.5. The Labute approximate surface area is 172 Å². The standard InChI is InChI=1S/C22H20N4O4/c1-14-7-9-15(10-8-14)21-26-25-19(30-21)13-29-20(27)12-11-18-22(28-2)24-17-6-4-3-5-16(17)23-18/h3-10H,11-13H2,1-2H3. The van der Waals surface area contributed by atoms with Gasteiger partial charge in [-0.25, -0.2) is 9.97 Å². The molecule has 0 N–H and O–H groups in total. The summed E-state index contributed by atoms with van der Waals surface area (Å²) in [6.07, 6.45) is 0.473. The van der Waals surface area contributed by atoms with E-state index < -0.39 is 5.97 Å². The number of ether oxygens (including phenoxy) is 2. The molecule has 30 heavy (non-hydrogen) atoms. The maximum Gasteiger partial charge on any atom is 0.306 e. The van der Waals surface area contributed by atoms with E-state index in [0.717, 1.165) is 22.2 Å². The van der Waals surface area contributed by atoms with Gasteiger partial charge in [-0.15, -0.1) is 10.2 Å². The molecular weight excluding hydrogens is 384 g/mol. The van der Waals surface area contributed by atoms with Crippen LogP contribution in [0.15, 0.2) is 52.9 Å². The number of carbonyl (C=O) groups is 1. The number of carbonyl (C=O) groups excluding carboxylic acids is 1. The summed E-state index contributed by atoms with van der Waals surface area (Å²) >= 11 is 0. The van der Waals surface area contributed by atoms with Crippen LogP contribution in [0, 0.1) is 6.92 Å².